The van der Waals surface area contributed by atoms with Crippen molar-refractivity contribution in [3.63, 3.8) is 0 Å². The SMILES string of the molecule is COC(=O)CC1CNCCC(C)(C)N1C(C)(C)C. The molecule has 1 aliphatic heterocycles. The molecule has 0 aromatic heterocycles. The van der Waals surface area contributed by atoms with Crippen LogP contribution in [0.15, 0.2) is 0 Å². The summed E-state index contributed by atoms with van der Waals surface area (Å²) < 4.78 is 4.83. The number of rotatable bonds is 2. The number of ether oxygens (including phenoxy) is 1. The Morgan fingerprint density at radius 3 is 2.56 bits per heavy atom. The molecule has 18 heavy (non-hydrogen) atoms. The first-order valence-corrected chi connectivity index (χ1v) is 6.75. The lowest BCUT2D eigenvalue weighted by Crippen LogP contribution is -2.59. The van der Waals surface area contributed by atoms with Gasteiger partial charge in [-0.3, -0.25) is 9.69 Å². The number of hydrogen-bond acceptors (Lipinski definition) is 4. The molecule has 0 aromatic rings. The molecule has 1 saturated heterocycles. The van der Waals surface area contributed by atoms with E-state index in [0.717, 1.165) is 19.5 Å². The molecule has 4 nitrogen and oxygen atoms in total. The van der Waals surface area contributed by atoms with E-state index in [9.17, 15) is 4.79 Å². The standard InChI is InChI=1S/C14H28N2O2/c1-13(2,3)16-11(9-12(17)18-6)10-15-8-7-14(16,4)5/h11,15H,7-10H2,1-6H3. The van der Waals surface area contributed by atoms with E-state index in [4.69, 9.17) is 4.74 Å². The van der Waals surface area contributed by atoms with Gasteiger partial charge in [0.1, 0.15) is 0 Å². The van der Waals surface area contributed by atoms with E-state index in [1.807, 2.05) is 0 Å². The second kappa shape index (κ2) is 5.57. The molecule has 0 aliphatic carbocycles. The van der Waals surface area contributed by atoms with Crippen molar-refractivity contribution in [1.29, 1.82) is 0 Å². The lowest BCUT2D eigenvalue weighted by molar-refractivity contribution is -0.143. The van der Waals surface area contributed by atoms with Crippen molar-refractivity contribution in [2.45, 2.75) is 64.6 Å². The summed E-state index contributed by atoms with van der Waals surface area (Å²) in [5, 5.41) is 3.44. The van der Waals surface area contributed by atoms with Crippen molar-refractivity contribution in [1.82, 2.24) is 10.2 Å². The third kappa shape index (κ3) is 3.69. The summed E-state index contributed by atoms with van der Waals surface area (Å²) in [4.78, 5) is 14.1. The van der Waals surface area contributed by atoms with Crippen LogP contribution >= 0.6 is 0 Å². The molecule has 0 amide bonds. The monoisotopic (exact) mass is 256 g/mol. The lowest BCUT2D eigenvalue weighted by Gasteiger charge is -2.50. The van der Waals surface area contributed by atoms with Gasteiger partial charge in [0.25, 0.3) is 0 Å². The maximum absolute atomic E-state index is 11.6. The van der Waals surface area contributed by atoms with Crippen molar-refractivity contribution in [3.05, 3.63) is 0 Å². The Hall–Kier alpha value is -0.610. The van der Waals surface area contributed by atoms with Crippen molar-refractivity contribution < 1.29 is 9.53 Å². The smallest absolute Gasteiger partial charge is 0.307 e. The highest BCUT2D eigenvalue weighted by molar-refractivity contribution is 5.70. The summed E-state index contributed by atoms with van der Waals surface area (Å²) in [6, 6.07) is 0.190. The quantitative estimate of drug-likeness (QED) is 0.765. The van der Waals surface area contributed by atoms with Crippen LogP contribution in [-0.2, 0) is 9.53 Å². The fraction of sp³-hybridized carbons (Fsp3) is 0.929. The molecular weight excluding hydrogens is 228 g/mol. The van der Waals surface area contributed by atoms with Gasteiger partial charge in [0, 0.05) is 23.7 Å². The molecule has 1 heterocycles. The van der Waals surface area contributed by atoms with Gasteiger partial charge in [-0.25, -0.2) is 0 Å². The number of hydrogen-bond donors (Lipinski definition) is 1. The molecule has 0 radical (unpaired) electrons. The second-order valence-electron chi connectivity index (χ2n) is 6.74. The fourth-order valence-electron chi connectivity index (χ4n) is 3.26. The van der Waals surface area contributed by atoms with Gasteiger partial charge in [0.05, 0.1) is 13.5 Å². The zero-order valence-corrected chi connectivity index (χ0v) is 12.7. The molecule has 1 N–H and O–H groups in total. The first kappa shape index (κ1) is 15.4. The van der Waals surface area contributed by atoms with Crippen LogP contribution in [0.25, 0.3) is 0 Å². The van der Waals surface area contributed by atoms with Gasteiger partial charge >= 0.3 is 5.97 Å². The third-order valence-electron chi connectivity index (χ3n) is 3.66. The Balaban J connectivity index is 2.98. The predicted octanol–water partition coefficient (Wildman–Crippen LogP) is 1.79. The zero-order valence-electron chi connectivity index (χ0n) is 12.7. The van der Waals surface area contributed by atoms with Gasteiger partial charge in [-0.15, -0.1) is 0 Å². The van der Waals surface area contributed by atoms with Gasteiger partial charge in [0.15, 0.2) is 0 Å². The first-order chi connectivity index (χ1) is 8.18. The summed E-state index contributed by atoms with van der Waals surface area (Å²) >= 11 is 0. The maximum Gasteiger partial charge on any atom is 0.307 e. The number of carbonyl (C=O) groups excluding carboxylic acids is 1. The van der Waals surface area contributed by atoms with Gasteiger partial charge in [-0.05, 0) is 47.6 Å². The van der Waals surface area contributed by atoms with Crippen LogP contribution in [0.3, 0.4) is 0 Å². The Morgan fingerprint density at radius 2 is 2.06 bits per heavy atom. The maximum atomic E-state index is 11.6. The average Bonchev–Trinajstić information content (AvgIpc) is 2.35. The number of nitrogens with zero attached hydrogens (tertiary/aromatic N) is 1. The molecule has 4 heteroatoms. The van der Waals surface area contributed by atoms with Crippen molar-refractivity contribution >= 4 is 5.97 Å². The normalized spacial score (nSPS) is 25.6. The summed E-state index contributed by atoms with van der Waals surface area (Å²) in [5.41, 5.74) is 0.120. The summed E-state index contributed by atoms with van der Waals surface area (Å²) in [6.45, 7) is 13.0. The van der Waals surface area contributed by atoms with Crippen molar-refractivity contribution in [2.24, 2.45) is 0 Å². The third-order valence-corrected chi connectivity index (χ3v) is 3.66. The molecule has 0 aromatic carbocycles. The van der Waals surface area contributed by atoms with E-state index in [-0.39, 0.29) is 23.1 Å². The number of esters is 1. The molecule has 1 atom stereocenters. The van der Waals surface area contributed by atoms with E-state index in [1.54, 1.807) is 0 Å². The van der Waals surface area contributed by atoms with Crippen LogP contribution in [0.1, 0.15) is 47.5 Å². The van der Waals surface area contributed by atoms with E-state index in [2.05, 4.69) is 44.8 Å². The van der Waals surface area contributed by atoms with Crippen LogP contribution in [0.2, 0.25) is 0 Å². The van der Waals surface area contributed by atoms with E-state index in [0.29, 0.717) is 6.42 Å². The van der Waals surface area contributed by atoms with Crippen LogP contribution in [0.5, 0.6) is 0 Å². The Morgan fingerprint density at radius 1 is 1.44 bits per heavy atom. The average molecular weight is 256 g/mol. The molecule has 1 fully saturated rings. The van der Waals surface area contributed by atoms with Crippen LogP contribution in [0.4, 0.5) is 0 Å². The molecule has 0 bridgehead atoms. The number of nitrogens with one attached hydrogen (secondary N) is 1. The highest BCUT2D eigenvalue weighted by atomic mass is 16.5. The lowest BCUT2D eigenvalue weighted by atomic mass is 9.89. The van der Waals surface area contributed by atoms with Gasteiger partial charge < -0.3 is 10.1 Å². The molecular formula is C14H28N2O2. The highest BCUT2D eigenvalue weighted by Gasteiger charge is 2.41. The Labute approximate surface area is 111 Å². The van der Waals surface area contributed by atoms with Crippen molar-refractivity contribution in [3.8, 4) is 0 Å². The minimum Gasteiger partial charge on any atom is -0.469 e. The van der Waals surface area contributed by atoms with Gasteiger partial charge in [-0.2, -0.15) is 0 Å². The molecule has 0 spiro atoms. The number of methoxy groups -OCH3 is 1. The minimum absolute atomic E-state index is 0.0359. The summed E-state index contributed by atoms with van der Waals surface area (Å²) in [7, 11) is 1.46. The van der Waals surface area contributed by atoms with Crippen LogP contribution in [-0.4, -0.2) is 48.2 Å². The van der Waals surface area contributed by atoms with Gasteiger partial charge in [-0.1, -0.05) is 0 Å². The second-order valence-corrected chi connectivity index (χ2v) is 6.74. The van der Waals surface area contributed by atoms with Crippen LogP contribution in [0, 0.1) is 0 Å². The molecule has 0 saturated carbocycles. The van der Waals surface area contributed by atoms with E-state index < -0.39 is 0 Å². The Bertz CT molecular complexity index is 295. The molecule has 1 unspecified atom stereocenters. The topological polar surface area (TPSA) is 41.6 Å². The minimum atomic E-state index is -0.131. The summed E-state index contributed by atoms with van der Waals surface area (Å²) in [6.07, 6.45) is 1.53. The van der Waals surface area contributed by atoms with Gasteiger partial charge in [0.2, 0.25) is 0 Å². The highest BCUT2D eigenvalue weighted by Crippen LogP contribution is 2.32. The largest absolute Gasteiger partial charge is 0.469 e. The first-order valence-electron chi connectivity index (χ1n) is 6.75. The van der Waals surface area contributed by atoms with E-state index >= 15 is 0 Å². The zero-order chi connectivity index (χ0) is 14.0. The number of carbonyl (C=O) groups is 1. The molecule has 1 aliphatic rings. The van der Waals surface area contributed by atoms with E-state index in [1.165, 1.54) is 7.11 Å². The Kier molecular flexibility index (Phi) is 4.78. The molecule has 106 valence electrons. The predicted molar refractivity (Wildman–Crippen MR) is 73.6 cm³/mol. The fourth-order valence-corrected chi connectivity index (χ4v) is 3.26. The molecule has 1 rings (SSSR count). The van der Waals surface area contributed by atoms with Crippen molar-refractivity contribution in [2.75, 3.05) is 20.2 Å². The summed E-state index contributed by atoms with van der Waals surface area (Å²) in [5.74, 6) is -0.131. The van der Waals surface area contributed by atoms with Crippen LogP contribution < -0.4 is 5.32 Å².